The number of phenols is 1. The van der Waals surface area contributed by atoms with Gasteiger partial charge >= 0.3 is 5.97 Å². The van der Waals surface area contributed by atoms with Gasteiger partial charge < -0.3 is 9.84 Å². The van der Waals surface area contributed by atoms with Crippen molar-refractivity contribution in [2.24, 2.45) is 4.99 Å². The van der Waals surface area contributed by atoms with Gasteiger partial charge in [0.25, 0.3) is 5.56 Å². The quantitative estimate of drug-likeness (QED) is 0.434. The van der Waals surface area contributed by atoms with Gasteiger partial charge in [0.1, 0.15) is 11.8 Å². The summed E-state index contributed by atoms with van der Waals surface area (Å²) < 4.78 is 8.18. The first-order valence-electron chi connectivity index (χ1n) is 9.85. The van der Waals surface area contributed by atoms with E-state index in [1.165, 1.54) is 15.9 Å². The normalized spacial score (nSPS) is 15.9. The third-order valence-corrected chi connectivity index (χ3v) is 7.59. The Labute approximate surface area is 214 Å². The van der Waals surface area contributed by atoms with E-state index in [0.29, 0.717) is 40.1 Å². The molecule has 1 aromatic heterocycles. The Hall–Kier alpha value is -2.20. The van der Waals surface area contributed by atoms with E-state index in [4.69, 9.17) is 16.3 Å². The molecule has 0 saturated heterocycles. The molecule has 3 aromatic rings. The Kier molecular flexibility index (Phi) is 6.95. The minimum Gasteiger partial charge on any atom is -0.506 e. The number of hydrogen-bond donors (Lipinski definition) is 1. The van der Waals surface area contributed by atoms with Crippen LogP contribution in [0, 0.1) is 0 Å². The number of nitrogens with zero attached hydrogens (tertiary/aromatic N) is 2. The number of aromatic nitrogens is 1. The highest BCUT2D eigenvalue weighted by Gasteiger charge is 2.34. The molecule has 0 amide bonds. The number of phenolic OH excluding ortho intramolecular Hbond substituents is 1. The molecule has 0 bridgehead atoms. The van der Waals surface area contributed by atoms with Crippen molar-refractivity contribution in [2.75, 3.05) is 6.61 Å². The van der Waals surface area contributed by atoms with Crippen molar-refractivity contribution in [2.45, 2.75) is 19.9 Å². The zero-order valence-corrected chi connectivity index (χ0v) is 22.2. The first kappa shape index (κ1) is 23.9. The van der Waals surface area contributed by atoms with Gasteiger partial charge in [0.2, 0.25) is 0 Å². The topological polar surface area (TPSA) is 80.9 Å². The summed E-state index contributed by atoms with van der Waals surface area (Å²) in [4.78, 5) is 31.5. The van der Waals surface area contributed by atoms with E-state index >= 15 is 0 Å². The van der Waals surface area contributed by atoms with Crippen LogP contribution in [0.25, 0.3) is 6.08 Å². The molecule has 2 aromatic carbocycles. The Balaban J connectivity index is 1.98. The van der Waals surface area contributed by atoms with Crippen LogP contribution in [0.4, 0.5) is 0 Å². The molecular formula is C23H17Br2ClN2O4S. The Morgan fingerprint density at radius 3 is 2.61 bits per heavy atom. The second kappa shape index (κ2) is 9.58. The van der Waals surface area contributed by atoms with E-state index in [-0.39, 0.29) is 23.5 Å². The molecule has 0 spiro atoms. The molecule has 2 heterocycles. The minimum absolute atomic E-state index is 0.0713. The van der Waals surface area contributed by atoms with Crippen molar-refractivity contribution < 1.29 is 14.6 Å². The van der Waals surface area contributed by atoms with Crippen molar-refractivity contribution >= 4 is 66.8 Å². The highest BCUT2D eigenvalue weighted by atomic mass is 79.9. The second-order valence-electron chi connectivity index (χ2n) is 7.16. The summed E-state index contributed by atoms with van der Waals surface area (Å²) in [6, 6.07) is 9.75. The summed E-state index contributed by atoms with van der Waals surface area (Å²) in [5.74, 6) is -0.466. The third kappa shape index (κ3) is 4.47. The zero-order valence-electron chi connectivity index (χ0n) is 17.4. The highest BCUT2D eigenvalue weighted by molar-refractivity contribution is 9.11. The number of aromatic hydroxyl groups is 1. The zero-order chi connectivity index (χ0) is 23.9. The molecule has 0 unspecified atom stereocenters. The van der Waals surface area contributed by atoms with Crippen LogP contribution in [-0.4, -0.2) is 22.2 Å². The van der Waals surface area contributed by atoms with Gasteiger partial charge in [0.05, 0.1) is 31.4 Å². The molecule has 0 radical (unpaired) electrons. The smallest absolute Gasteiger partial charge is 0.338 e. The molecule has 0 fully saturated rings. The van der Waals surface area contributed by atoms with Gasteiger partial charge in [-0.3, -0.25) is 9.36 Å². The summed E-state index contributed by atoms with van der Waals surface area (Å²) in [5.41, 5.74) is 1.75. The van der Waals surface area contributed by atoms with E-state index in [1.807, 2.05) is 0 Å². The van der Waals surface area contributed by atoms with Crippen LogP contribution in [0.2, 0.25) is 5.02 Å². The fraction of sp³-hybridized carbons (Fsp3) is 0.174. The molecule has 170 valence electrons. The van der Waals surface area contributed by atoms with Crippen LogP contribution in [-0.2, 0) is 9.53 Å². The number of allylic oxidation sites excluding steroid dienone is 1. The number of hydrogen-bond acceptors (Lipinski definition) is 6. The fourth-order valence-corrected chi connectivity index (χ4v) is 6.11. The van der Waals surface area contributed by atoms with Crippen molar-refractivity contribution in [1.29, 1.82) is 0 Å². The number of benzene rings is 2. The molecule has 33 heavy (non-hydrogen) atoms. The van der Waals surface area contributed by atoms with Crippen LogP contribution in [0.1, 0.15) is 31.0 Å². The first-order valence-corrected chi connectivity index (χ1v) is 12.6. The number of carbonyl (C=O) groups is 1. The summed E-state index contributed by atoms with van der Waals surface area (Å²) >= 11 is 14.3. The Bertz CT molecular complexity index is 1470. The highest BCUT2D eigenvalue weighted by Crippen LogP contribution is 2.35. The second-order valence-corrected chi connectivity index (χ2v) is 10.3. The lowest BCUT2D eigenvalue weighted by Gasteiger charge is -2.25. The molecule has 0 aliphatic carbocycles. The van der Waals surface area contributed by atoms with Crippen LogP contribution in [0.5, 0.6) is 5.75 Å². The van der Waals surface area contributed by atoms with Gasteiger partial charge in [-0.1, -0.05) is 41.1 Å². The van der Waals surface area contributed by atoms with Crippen molar-refractivity contribution in [1.82, 2.24) is 4.57 Å². The molecule has 10 heteroatoms. The number of ether oxygens (including phenoxy) is 1. The van der Waals surface area contributed by atoms with E-state index in [2.05, 4.69) is 36.9 Å². The minimum atomic E-state index is -0.769. The largest absolute Gasteiger partial charge is 0.506 e. The molecule has 6 nitrogen and oxygen atoms in total. The lowest BCUT2D eigenvalue weighted by molar-refractivity contribution is -0.139. The molecule has 0 saturated carbocycles. The van der Waals surface area contributed by atoms with Crippen molar-refractivity contribution in [3.63, 3.8) is 0 Å². The van der Waals surface area contributed by atoms with E-state index in [9.17, 15) is 14.7 Å². The predicted molar refractivity (Wildman–Crippen MR) is 135 cm³/mol. The number of carbonyl (C=O) groups excluding carboxylic acids is 1. The lowest BCUT2D eigenvalue weighted by atomic mass is 9.96. The fourth-order valence-electron chi connectivity index (χ4n) is 3.60. The van der Waals surface area contributed by atoms with Gasteiger partial charge in [0, 0.05) is 5.02 Å². The van der Waals surface area contributed by atoms with Gasteiger partial charge in [-0.05, 0) is 81.1 Å². The molecule has 1 N–H and O–H groups in total. The van der Waals surface area contributed by atoms with Crippen LogP contribution in [0.15, 0.2) is 66.4 Å². The van der Waals surface area contributed by atoms with Crippen LogP contribution >= 0.6 is 54.8 Å². The third-order valence-electron chi connectivity index (χ3n) is 5.05. The van der Waals surface area contributed by atoms with E-state index < -0.39 is 12.0 Å². The summed E-state index contributed by atoms with van der Waals surface area (Å²) in [7, 11) is 0. The predicted octanol–water partition coefficient (Wildman–Crippen LogP) is 4.68. The van der Waals surface area contributed by atoms with Gasteiger partial charge in [-0.15, -0.1) is 0 Å². The van der Waals surface area contributed by atoms with Gasteiger partial charge in [-0.2, -0.15) is 0 Å². The molecule has 4 rings (SSSR count). The number of halogens is 3. The van der Waals surface area contributed by atoms with Crippen LogP contribution < -0.4 is 14.9 Å². The number of rotatable bonds is 4. The molecule has 1 atom stereocenters. The average Bonchev–Trinajstić information content (AvgIpc) is 3.06. The standard InChI is InChI=1S/C23H17Br2ClN2O4S/c1-3-32-22(31)18-11(2)27-23-28(19(18)13-6-4-5-7-16(13)26)21(30)17(33-23)10-12-8-14(24)20(29)15(25)9-12/h4-10,19,29H,3H2,1-2H3/b17-10-/t19-/m0/s1. The maximum atomic E-state index is 13.6. The van der Waals surface area contributed by atoms with Gasteiger partial charge in [-0.25, -0.2) is 9.79 Å². The molecule has 1 aliphatic rings. The van der Waals surface area contributed by atoms with Crippen molar-refractivity contribution in [3.8, 4) is 5.75 Å². The monoisotopic (exact) mass is 610 g/mol. The molecular weight excluding hydrogens is 596 g/mol. The SMILES string of the molecule is CCOC(=O)C1=C(C)N=c2s/c(=C\c3cc(Br)c(O)c(Br)c3)c(=O)n2[C@H]1c1ccccc1Cl. The molecule has 1 aliphatic heterocycles. The maximum absolute atomic E-state index is 13.6. The van der Waals surface area contributed by atoms with Gasteiger partial charge in [0.15, 0.2) is 4.80 Å². The van der Waals surface area contributed by atoms with E-state index in [0.717, 1.165) is 0 Å². The summed E-state index contributed by atoms with van der Waals surface area (Å²) in [6.45, 7) is 3.64. The summed E-state index contributed by atoms with van der Waals surface area (Å²) in [5, 5.41) is 10.4. The Morgan fingerprint density at radius 2 is 1.97 bits per heavy atom. The first-order chi connectivity index (χ1) is 15.7. The number of thiazole rings is 1. The maximum Gasteiger partial charge on any atom is 0.338 e. The number of fused-ring (bicyclic) bond motifs is 1. The lowest BCUT2D eigenvalue weighted by Crippen LogP contribution is -2.40. The Morgan fingerprint density at radius 1 is 1.30 bits per heavy atom. The van der Waals surface area contributed by atoms with Crippen molar-refractivity contribution in [3.05, 3.63) is 92.5 Å². The average molecular weight is 613 g/mol. The van der Waals surface area contributed by atoms with Crippen LogP contribution in [0.3, 0.4) is 0 Å². The van der Waals surface area contributed by atoms with E-state index in [1.54, 1.807) is 56.3 Å². The number of esters is 1. The summed E-state index contributed by atoms with van der Waals surface area (Å²) in [6.07, 6.45) is 1.71.